The van der Waals surface area contributed by atoms with E-state index in [4.69, 9.17) is 0 Å². The molecule has 1 N–H and O–H groups in total. The number of amides is 1. The summed E-state index contributed by atoms with van der Waals surface area (Å²) >= 11 is 0. The summed E-state index contributed by atoms with van der Waals surface area (Å²) in [7, 11) is 0. The minimum Gasteiger partial charge on any atom is -0.350 e. The molecule has 0 saturated heterocycles. The standard InChI is InChI=1S/C8H11F4NO2/c1-5(14)2-3-6(15)13-4-8(11,12)7(9)10/h7H,2-4H2,1H3,(H,13,15). The second kappa shape index (κ2) is 5.67. The van der Waals surface area contributed by atoms with Crippen LogP contribution in [0.4, 0.5) is 17.6 Å². The lowest BCUT2D eigenvalue weighted by molar-refractivity contribution is -0.137. The van der Waals surface area contributed by atoms with Crippen LogP contribution in [-0.4, -0.2) is 30.6 Å². The van der Waals surface area contributed by atoms with Crippen LogP contribution in [0, 0.1) is 0 Å². The minimum atomic E-state index is -4.23. The average Bonchev–Trinajstić information content (AvgIpc) is 2.11. The zero-order valence-electron chi connectivity index (χ0n) is 8.03. The van der Waals surface area contributed by atoms with Gasteiger partial charge in [-0.05, 0) is 6.92 Å². The quantitative estimate of drug-likeness (QED) is 0.699. The number of rotatable bonds is 6. The van der Waals surface area contributed by atoms with Crippen molar-refractivity contribution in [2.45, 2.75) is 32.1 Å². The zero-order valence-corrected chi connectivity index (χ0v) is 8.03. The van der Waals surface area contributed by atoms with Gasteiger partial charge in [0.25, 0.3) is 0 Å². The number of hydrogen-bond donors (Lipinski definition) is 1. The van der Waals surface area contributed by atoms with Crippen molar-refractivity contribution < 1.29 is 27.2 Å². The van der Waals surface area contributed by atoms with E-state index in [0.29, 0.717) is 0 Å². The molecule has 0 saturated carbocycles. The number of carbonyl (C=O) groups excluding carboxylic acids is 2. The van der Waals surface area contributed by atoms with Gasteiger partial charge >= 0.3 is 12.3 Å². The number of nitrogens with one attached hydrogen (secondary N) is 1. The molecule has 7 heteroatoms. The third-order valence-corrected chi connectivity index (χ3v) is 1.54. The molecule has 0 bridgehead atoms. The van der Waals surface area contributed by atoms with Crippen molar-refractivity contribution in [3.63, 3.8) is 0 Å². The lowest BCUT2D eigenvalue weighted by Gasteiger charge is -2.15. The summed E-state index contributed by atoms with van der Waals surface area (Å²) in [5.41, 5.74) is 0. The Balaban J connectivity index is 3.85. The fourth-order valence-corrected chi connectivity index (χ4v) is 0.672. The molecule has 0 atom stereocenters. The Labute approximate surface area is 83.8 Å². The van der Waals surface area contributed by atoms with Crippen LogP contribution < -0.4 is 5.32 Å². The summed E-state index contributed by atoms with van der Waals surface area (Å²) in [5.74, 6) is -5.34. The van der Waals surface area contributed by atoms with Gasteiger partial charge in [-0.15, -0.1) is 0 Å². The smallest absolute Gasteiger partial charge is 0.324 e. The summed E-state index contributed by atoms with van der Waals surface area (Å²) in [4.78, 5) is 21.2. The van der Waals surface area contributed by atoms with Crippen molar-refractivity contribution in [1.82, 2.24) is 5.32 Å². The van der Waals surface area contributed by atoms with E-state index in [9.17, 15) is 27.2 Å². The number of carbonyl (C=O) groups is 2. The summed E-state index contributed by atoms with van der Waals surface area (Å²) in [6.45, 7) is -0.178. The van der Waals surface area contributed by atoms with Gasteiger partial charge in [0.2, 0.25) is 5.91 Å². The summed E-state index contributed by atoms with van der Waals surface area (Å²) in [6, 6.07) is 0. The molecule has 0 unspecified atom stereocenters. The molecule has 0 rings (SSSR count). The first kappa shape index (κ1) is 13.9. The van der Waals surface area contributed by atoms with Gasteiger partial charge < -0.3 is 10.1 Å². The highest BCUT2D eigenvalue weighted by Gasteiger charge is 2.40. The minimum absolute atomic E-state index is 0.0912. The number of halogens is 4. The highest BCUT2D eigenvalue weighted by molar-refractivity contribution is 5.83. The molecule has 1 amide bonds. The normalized spacial score (nSPS) is 11.6. The van der Waals surface area contributed by atoms with E-state index in [-0.39, 0.29) is 18.6 Å². The van der Waals surface area contributed by atoms with Crippen molar-refractivity contribution >= 4 is 11.7 Å². The van der Waals surface area contributed by atoms with Crippen LogP contribution in [0.15, 0.2) is 0 Å². The molecule has 0 aliphatic rings. The molecule has 0 aromatic rings. The Morgan fingerprint density at radius 1 is 1.27 bits per heavy atom. The Kier molecular flexibility index (Phi) is 5.24. The van der Waals surface area contributed by atoms with Gasteiger partial charge in [-0.3, -0.25) is 4.79 Å². The second-order valence-corrected chi connectivity index (χ2v) is 3.04. The monoisotopic (exact) mass is 229 g/mol. The fraction of sp³-hybridized carbons (Fsp3) is 0.750. The molecule has 0 aromatic carbocycles. The van der Waals surface area contributed by atoms with Crippen LogP contribution in [0.25, 0.3) is 0 Å². The predicted molar refractivity (Wildman–Crippen MR) is 43.9 cm³/mol. The second-order valence-electron chi connectivity index (χ2n) is 3.04. The molecule has 88 valence electrons. The van der Waals surface area contributed by atoms with E-state index < -0.39 is 24.8 Å². The molecule has 0 aliphatic carbocycles. The molecular formula is C8H11F4NO2. The molecule has 0 radical (unpaired) electrons. The van der Waals surface area contributed by atoms with E-state index >= 15 is 0 Å². The van der Waals surface area contributed by atoms with Crippen LogP contribution in [-0.2, 0) is 9.59 Å². The molecule has 0 fully saturated rings. The number of hydrogen-bond acceptors (Lipinski definition) is 2. The first-order valence-corrected chi connectivity index (χ1v) is 4.18. The van der Waals surface area contributed by atoms with Crippen LogP contribution in [0.1, 0.15) is 19.8 Å². The molecule has 0 aliphatic heterocycles. The Hall–Kier alpha value is -1.14. The van der Waals surface area contributed by atoms with Gasteiger partial charge in [0.1, 0.15) is 5.78 Å². The highest BCUT2D eigenvalue weighted by Crippen LogP contribution is 2.21. The molecule has 15 heavy (non-hydrogen) atoms. The number of ketones is 1. The van der Waals surface area contributed by atoms with E-state index in [1.807, 2.05) is 0 Å². The van der Waals surface area contributed by atoms with Gasteiger partial charge in [0.05, 0.1) is 6.54 Å². The third-order valence-electron chi connectivity index (χ3n) is 1.54. The van der Waals surface area contributed by atoms with E-state index in [0.717, 1.165) is 0 Å². The topological polar surface area (TPSA) is 46.2 Å². The maximum absolute atomic E-state index is 12.3. The Morgan fingerprint density at radius 2 is 1.80 bits per heavy atom. The highest BCUT2D eigenvalue weighted by atomic mass is 19.3. The fourth-order valence-electron chi connectivity index (χ4n) is 0.672. The maximum Gasteiger partial charge on any atom is 0.324 e. The molecular weight excluding hydrogens is 218 g/mol. The maximum atomic E-state index is 12.3. The molecule has 0 aromatic heterocycles. The van der Waals surface area contributed by atoms with Gasteiger partial charge in [0.15, 0.2) is 0 Å². The van der Waals surface area contributed by atoms with Gasteiger partial charge in [-0.2, -0.15) is 8.78 Å². The van der Waals surface area contributed by atoms with Crippen molar-refractivity contribution in [3.8, 4) is 0 Å². The zero-order chi connectivity index (χ0) is 12.1. The van der Waals surface area contributed by atoms with Gasteiger partial charge in [-0.1, -0.05) is 0 Å². The predicted octanol–water partition coefficient (Wildman–Crippen LogP) is 1.37. The van der Waals surface area contributed by atoms with Crippen molar-refractivity contribution in [3.05, 3.63) is 0 Å². The summed E-state index contributed by atoms with van der Waals surface area (Å²) < 4.78 is 47.8. The third kappa shape index (κ3) is 6.03. The first-order valence-electron chi connectivity index (χ1n) is 4.18. The van der Waals surface area contributed by atoms with Crippen molar-refractivity contribution in [2.24, 2.45) is 0 Å². The van der Waals surface area contributed by atoms with Crippen LogP contribution in [0.2, 0.25) is 0 Å². The van der Waals surface area contributed by atoms with Crippen molar-refractivity contribution in [2.75, 3.05) is 6.54 Å². The van der Waals surface area contributed by atoms with E-state index in [1.54, 1.807) is 5.32 Å². The van der Waals surface area contributed by atoms with Crippen LogP contribution >= 0.6 is 0 Å². The summed E-state index contributed by atoms with van der Waals surface area (Å²) in [6.07, 6.45) is -4.17. The lowest BCUT2D eigenvalue weighted by Crippen LogP contribution is -2.41. The first-order chi connectivity index (χ1) is 6.75. The van der Waals surface area contributed by atoms with Crippen LogP contribution in [0.5, 0.6) is 0 Å². The summed E-state index contributed by atoms with van der Waals surface area (Å²) in [5, 5.41) is 1.64. The van der Waals surface area contributed by atoms with Gasteiger partial charge in [-0.25, -0.2) is 8.78 Å². The Bertz CT molecular complexity index is 243. The van der Waals surface area contributed by atoms with E-state index in [1.165, 1.54) is 6.92 Å². The van der Waals surface area contributed by atoms with E-state index in [2.05, 4.69) is 0 Å². The molecule has 0 spiro atoms. The van der Waals surface area contributed by atoms with Crippen LogP contribution in [0.3, 0.4) is 0 Å². The van der Waals surface area contributed by atoms with Gasteiger partial charge in [0, 0.05) is 12.8 Å². The Morgan fingerprint density at radius 3 is 2.20 bits per heavy atom. The van der Waals surface area contributed by atoms with Crippen molar-refractivity contribution in [1.29, 1.82) is 0 Å². The SMILES string of the molecule is CC(=O)CCC(=O)NCC(F)(F)C(F)F. The average molecular weight is 229 g/mol. The lowest BCUT2D eigenvalue weighted by atomic mass is 10.2. The number of alkyl halides is 4. The molecule has 3 nitrogen and oxygen atoms in total. The largest absolute Gasteiger partial charge is 0.350 e. The molecule has 0 heterocycles. The number of Topliss-reactive ketones (excluding diaryl/α,β-unsaturated/α-hetero) is 1.